The number of hydrogen-bond donors (Lipinski definition) is 1. The number of aryl methyl sites for hydroxylation is 1. The lowest BCUT2D eigenvalue weighted by Crippen LogP contribution is -1.93. The minimum Gasteiger partial charge on any atom is -0.457 e. The highest BCUT2D eigenvalue weighted by Gasteiger charge is 2.06. The summed E-state index contributed by atoms with van der Waals surface area (Å²) in [6.45, 7) is 1.56. The molecule has 0 fully saturated rings. The van der Waals surface area contributed by atoms with Crippen LogP contribution in [0.1, 0.15) is 11.1 Å². The average molecular weight is 311 g/mol. The van der Waals surface area contributed by atoms with Crippen molar-refractivity contribution in [3.63, 3.8) is 0 Å². The van der Waals surface area contributed by atoms with E-state index in [9.17, 15) is 9.50 Å². The normalized spacial score (nSPS) is 10.4. The number of halogens is 2. The molecule has 0 heterocycles. The van der Waals surface area contributed by atoms with E-state index in [1.54, 1.807) is 31.2 Å². The van der Waals surface area contributed by atoms with Gasteiger partial charge in [-0.3, -0.25) is 0 Å². The molecule has 0 aliphatic rings. The highest BCUT2D eigenvalue weighted by atomic mass is 79.9. The molecule has 2 rings (SSSR count). The SMILES string of the molecule is Cc1cc(Oc2ccc(Br)cc2CO)ccc1F. The van der Waals surface area contributed by atoms with Crippen LogP contribution in [0.15, 0.2) is 40.9 Å². The number of ether oxygens (including phenoxy) is 1. The molecule has 0 unspecified atom stereocenters. The van der Waals surface area contributed by atoms with Crippen LogP contribution < -0.4 is 4.74 Å². The second-order valence-electron chi connectivity index (χ2n) is 3.92. The fourth-order valence-corrected chi connectivity index (χ4v) is 1.99. The van der Waals surface area contributed by atoms with Crippen molar-refractivity contribution >= 4 is 15.9 Å². The molecule has 2 aromatic rings. The summed E-state index contributed by atoms with van der Waals surface area (Å²) in [5, 5.41) is 9.26. The van der Waals surface area contributed by atoms with Crippen molar-refractivity contribution in [2.45, 2.75) is 13.5 Å². The van der Waals surface area contributed by atoms with Gasteiger partial charge in [0.25, 0.3) is 0 Å². The zero-order chi connectivity index (χ0) is 13.1. The Balaban J connectivity index is 2.30. The first-order chi connectivity index (χ1) is 8.60. The molecule has 0 saturated carbocycles. The molecule has 0 bridgehead atoms. The Bertz CT molecular complexity index is 570. The van der Waals surface area contributed by atoms with Crippen LogP contribution in [0.25, 0.3) is 0 Å². The van der Waals surface area contributed by atoms with Gasteiger partial charge in [-0.25, -0.2) is 4.39 Å². The third-order valence-electron chi connectivity index (χ3n) is 2.55. The van der Waals surface area contributed by atoms with Crippen LogP contribution in [-0.2, 0) is 6.61 Å². The lowest BCUT2D eigenvalue weighted by molar-refractivity contribution is 0.276. The highest BCUT2D eigenvalue weighted by Crippen LogP contribution is 2.29. The van der Waals surface area contributed by atoms with Crippen molar-refractivity contribution in [2.75, 3.05) is 0 Å². The van der Waals surface area contributed by atoms with Crippen molar-refractivity contribution in [1.82, 2.24) is 0 Å². The third-order valence-corrected chi connectivity index (χ3v) is 3.04. The summed E-state index contributed by atoms with van der Waals surface area (Å²) in [4.78, 5) is 0. The number of benzene rings is 2. The Morgan fingerprint density at radius 3 is 2.67 bits per heavy atom. The van der Waals surface area contributed by atoms with E-state index >= 15 is 0 Å². The predicted molar refractivity (Wildman–Crippen MR) is 71.3 cm³/mol. The maximum absolute atomic E-state index is 13.1. The molecule has 1 N–H and O–H groups in total. The molecule has 0 spiro atoms. The maximum atomic E-state index is 13.1. The molecule has 0 aromatic heterocycles. The van der Waals surface area contributed by atoms with Gasteiger partial charge in [0, 0.05) is 10.0 Å². The molecular formula is C14H12BrFO2. The van der Waals surface area contributed by atoms with E-state index in [4.69, 9.17) is 4.74 Å². The smallest absolute Gasteiger partial charge is 0.133 e. The van der Waals surface area contributed by atoms with E-state index in [1.807, 2.05) is 6.07 Å². The molecule has 0 atom stereocenters. The minimum atomic E-state index is -0.263. The van der Waals surface area contributed by atoms with Crippen LogP contribution in [0.4, 0.5) is 4.39 Å². The second-order valence-corrected chi connectivity index (χ2v) is 4.84. The Labute approximate surface area is 113 Å². The molecule has 94 valence electrons. The molecular weight excluding hydrogens is 299 g/mol. The molecule has 0 radical (unpaired) electrons. The second kappa shape index (κ2) is 5.50. The van der Waals surface area contributed by atoms with Gasteiger partial charge in [-0.2, -0.15) is 0 Å². The summed E-state index contributed by atoms with van der Waals surface area (Å²) in [7, 11) is 0. The van der Waals surface area contributed by atoms with Crippen LogP contribution in [-0.4, -0.2) is 5.11 Å². The molecule has 0 saturated heterocycles. The van der Waals surface area contributed by atoms with E-state index in [2.05, 4.69) is 15.9 Å². The minimum absolute atomic E-state index is 0.116. The van der Waals surface area contributed by atoms with E-state index in [0.717, 1.165) is 4.47 Å². The largest absolute Gasteiger partial charge is 0.457 e. The van der Waals surface area contributed by atoms with Crippen LogP contribution in [0, 0.1) is 12.7 Å². The summed E-state index contributed by atoms with van der Waals surface area (Å²) in [5.74, 6) is 0.846. The van der Waals surface area contributed by atoms with Gasteiger partial charge in [0.05, 0.1) is 6.61 Å². The first-order valence-electron chi connectivity index (χ1n) is 5.43. The van der Waals surface area contributed by atoms with Crippen LogP contribution in [0.3, 0.4) is 0 Å². The van der Waals surface area contributed by atoms with Gasteiger partial charge >= 0.3 is 0 Å². The lowest BCUT2D eigenvalue weighted by atomic mass is 10.2. The average Bonchev–Trinajstić information content (AvgIpc) is 2.36. The predicted octanol–water partition coefficient (Wildman–Crippen LogP) is 4.18. The van der Waals surface area contributed by atoms with Crippen molar-refractivity contribution in [1.29, 1.82) is 0 Å². The van der Waals surface area contributed by atoms with Crippen LogP contribution in [0.5, 0.6) is 11.5 Å². The Morgan fingerprint density at radius 1 is 1.22 bits per heavy atom. The highest BCUT2D eigenvalue weighted by molar-refractivity contribution is 9.10. The molecule has 0 aliphatic carbocycles. The van der Waals surface area contributed by atoms with E-state index in [-0.39, 0.29) is 12.4 Å². The fraction of sp³-hybridized carbons (Fsp3) is 0.143. The maximum Gasteiger partial charge on any atom is 0.133 e. The van der Waals surface area contributed by atoms with Gasteiger partial charge in [0.2, 0.25) is 0 Å². The van der Waals surface area contributed by atoms with Gasteiger partial charge in [0.15, 0.2) is 0 Å². The molecule has 0 amide bonds. The third kappa shape index (κ3) is 2.89. The molecule has 18 heavy (non-hydrogen) atoms. The van der Waals surface area contributed by atoms with E-state index in [0.29, 0.717) is 22.6 Å². The fourth-order valence-electron chi connectivity index (χ4n) is 1.58. The zero-order valence-corrected chi connectivity index (χ0v) is 11.4. The summed E-state index contributed by atoms with van der Waals surface area (Å²) < 4.78 is 19.6. The van der Waals surface area contributed by atoms with Gasteiger partial charge in [0.1, 0.15) is 17.3 Å². The van der Waals surface area contributed by atoms with E-state index < -0.39 is 0 Å². The van der Waals surface area contributed by atoms with Crippen LogP contribution in [0.2, 0.25) is 0 Å². The Kier molecular flexibility index (Phi) is 3.99. The number of rotatable bonds is 3. The van der Waals surface area contributed by atoms with E-state index in [1.165, 1.54) is 6.07 Å². The Morgan fingerprint density at radius 2 is 2.00 bits per heavy atom. The van der Waals surface area contributed by atoms with Crippen molar-refractivity contribution in [3.05, 3.63) is 57.8 Å². The Hall–Kier alpha value is -1.39. The lowest BCUT2D eigenvalue weighted by Gasteiger charge is -2.10. The van der Waals surface area contributed by atoms with Crippen LogP contribution >= 0.6 is 15.9 Å². The van der Waals surface area contributed by atoms with Crippen molar-refractivity contribution in [2.24, 2.45) is 0 Å². The number of hydrogen-bond acceptors (Lipinski definition) is 2. The summed E-state index contributed by atoms with van der Waals surface area (Å²) >= 11 is 3.33. The molecule has 4 heteroatoms. The topological polar surface area (TPSA) is 29.5 Å². The number of aliphatic hydroxyl groups excluding tert-OH is 1. The van der Waals surface area contributed by atoms with Crippen molar-refractivity contribution < 1.29 is 14.2 Å². The van der Waals surface area contributed by atoms with Crippen molar-refractivity contribution in [3.8, 4) is 11.5 Å². The van der Waals surface area contributed by atoms with Gasteiger partial charge < -0.3 is 9.84 Å². The van der Waals surface area contributed by atoms with Gasteiger partial charge in [-0.05, 0) is 48.9 Å². The first-order valence-corrected chi connectivity index (χ1v) is 6.23. The summed E-state index contributed by atoms with van der Waals surface area (Å²) in [6.07, 6.45) is 0. The standard InChI is InChI=1S/C14H12BrFO2/c1-9-6-12(3-4-13(9)16)18-14-5-2-11(15)7-10(14)8-17/h2-7,17H,8H2,1H3. The monoisotopic (exact) mass is 310 g/mol. The molecule has 2 aromatic carbocycles. The summed E-state index contributed by atoms with van der Waals surface area (Å²) in [5.41, 5.74) is 1.20. The molecule has 2 nitrogen and oxygen atoms in total. The number of aliphatic hydroxyl groups is 1. The molecule has 0 aliphatic heterocycles. The first kappa shape index (κ1) is 13.1. The zero-order valence-electron chi connectivity index (χ0n) is 9.78. The van der Waals surface area contributed by atoms with Gasteiger partial charge in [-0.1, -0.05) is 15.9 Å². The van der Waals surface area contributed by atoms with Gasteiger partial charge in [-0.15, -0.1) is 0 Å². The quantitative estimate of drug-likeness (QED) is 0.921. The summed E-state index contributed by atoms with van der Waals surface area (Å²) in [6, 6.07) is 9.91.